The van der Waals surface area contributed by atoms with E-state index in [0.29, 0.717) is 0 Å². The lowest BCUT2D eigenvalue weighted by molar-refractivity contribution is 0.922. The Kier molecular flexibility index (Phi) is 2.99. The Labute approximate surface area is 78.5 Å². The number of anilines is 1. The molecule has 1 aromatic carbocycles. The van der Waals surface area contributed by atoms with E-state index in [1.165, 1.54) is 0 Å². The van der Waals surface area contributed by atoms with Gasteiger partial charge in [0.05, 0.1) is 0 Å². The van der Waals surface area contributed by atoms with Crippen molar-refractivity contribution in [2.45, 2.75) is 26.7 Å². The van der Waals surface area contributed by atoms with E-state index in [9.17, 15) is 0 Å². The largest absolute Gasteiger partial charge is 0.399 e. The molecular weight excluding hydrogens is 170 g/mol. The van der Waals surface area contributed by atoms with Crippen LogP contribution in [0.15, 0.2) is 12.1 Å². The Bertz CT molecular complexity index is 281. The minimum Gasteiger partial charge on any atom is -0.399 e. The Hall–Kier alpha value is -0.690. The van der Waals surface area contributed by atoms with Crippen molar-refractivity contribution in [2.75, 3.05) is 5.73 Å². The predicted molar refractivity (Wildman–Crippen MR) is 54.6 cm³/mol. The lowest BCUT2D eigenvalue weighted by atomic mass is 10.1. The van der Waals surface area contributed by atoms with Gasteiger partial charge in [-0.25, -0.2) is 0 Å². The summed E-state index contributed by atoms with van der Waals surface area (Å²) in [5.41, 5.74) is 8.81. The molecule has 0 saturated carbocycles. The van der Waals surface area contributed by atoms with Gasteiger partial charge in [-0.05, 0) is 36.6 Å². The van der Waals surface area contributed by atoms with Crippen LogP contribution in [0, 0.1) is 6.92 Å². The highest BCUT2D eigenvalue weighted by atomic mass is 35.5. The number of nitrogens with two attached hydrogens (primary N) is 1. The molecule has 0 aromatic heterocycles. The zero-order valence-electron chi connectivity index (χ0n) is 7.52. The van der Waals surface area contributed by atoms with Crippen molar-refractivity contribution in [1.29, 1.82) is 0 Å². The standard InChI is InChI=1S/C10H14ClN/c1-3-4-8-6-10(12)7(2)5-9(8)11/h5-6H,3-4,12H2,1-2H3. The van der Waals surface area contributed by atoms with Gasteiger partial charge in [-0.2, -0.15) is 0 Å². The van der Waals surface area contributed by atoms with Crippen LogP contribution in [0.3, 0.4) is 0 Å². The maximum Gasteiger partial charge on any atom is 0.0442 e. The molecule has 0 unspecified atom stereocenters. The first kappa shape index (κ1) is 9.40. The van der Waals surface area contributed by atoms with E-state index >= 15 is 0 Å². The molecule has 0 aliphatic rings. The fourth-order valence-corrected chi connectivity index (χ4v) is 1.51. The molecule has 0 aliphatic heterocycles. The summed E-state index contributed by atoms with van der Waals surface area (Å²) < 4.78 is 0. The number of rotatable bonds is 2. The Balaban J connectivity index is 3.05. The van der Waals surface area contributed by atoms with Gasteiger partial charge in [0, 0.05) is 10.7 Å². The SMILES string of the molecule is CCCc1cc(N)c(C)cc1Cl. The van der Waals surface area contributed by atoms with Crippen molar-refractivity contribution < 1.29 is 0 Å². The molecule has 1 aromatic rings. The highest BCUT2D eigenvalue weighted by Gasteiger charge is 2.02. The van der Waals surface area contributed by atoms with E-state index in [4.69, 9.17) is 17.3 Å². The van der Waals surface area contributed by atoms with E-state index in [1.54, 1.807) is 0 Å². The molecule has 0 fully saturated rings. The Morgan fingerprint density at radius 3 is 2.67 bits per heavy atom. The first-order valence-corrected chi connectivity index (χ1v) is 4.57. The number of aryl methyl sites for hydroxylation is 2. The van der Waals surface area contributed by atoms with Crippen LogP contribution >= 0.6 is 11.6 Å². The summed E-state index contributed by atoms with van der Waals surface area (Å²) in [4.78, 5) is 0. The number of hydrogen-bond acceptors (Lipinski definition) is 1. The number of halogens is 1. The van der Waals surface area contributed by atoms with Gasteiger partial charge in [0.15, 0.2) is 0 Å². The minimum atomic E-state index is 0.836. The molecule has 1 nitrogen and oxygen atoms in total. The van der Waals surface area contributed by atoms with Gasteiger partial charge in [-0.3, -0.25) is 0 Å². The third-order valence-corrected chi connectivity index (χ3v) is 2.31. The highest BCUT2D eigenvalue weighted by molar-refractivity contribution is 6.31. The topological polar surface area (TPSA) is 26.0 Å². The smallest absolute Gasteiger partial charge is 0.0442 e. The summed E-state index contributed by atoms with van der Waals surface area (Å²) in [7, 11) is 0. The molecule has 0 spiro atoms. The summed E-state index contributed by atoms with van der Waals surface area (Å²) in [6.07, 6.45) is 2.10. The van der Waals surface area contributed by atoms with Gasteiger partial charge in [-0.15, -0.1) is 0 Å². The maximum absolute atomic E-state index is 6.02. The zero-order valence-corrected chi connectivity index (χ0v) is 8.28. The monoisotopic (exact) mass is 183 g/mol. The van der Waals surface area contributed by atoms with Gasteiger partial charge in [0.25, 0.3) is 0 Å². The van der Waals surface area contributed by atoms with Gasteiger partial charge in [-0.1, -0.05) is 24.9 Å². The molecule has 0 amide bonds. The molecule has 0 heterocycles. The fourth-order valence-electron chi connectivity index (χ4n) is 1.20. The molecule has 66 valence electrons. The van der Waals surface area contributed by atoms with Crippen LogP contribution in [0.1, 0.15) is 24.5 Å². The molecule has 1 rings (SSSR count). The average molecular weight is 184 g/mol. The van der Waals surface area contributed by atoms with Gasteiger partial charge in [0.2, 0.25) is 0 Å². The number of benzene rings is 1. The minimum absolute atomic E-state index is 0.836. The number of hydrogen-bond donors (Lipinski definition) is 1. The molecule has 0 saturated heterocycles. The summed E-state index contributed by atoms with van der Waals surface area (Å²) in [6, 6.07) is 3.91. The van der Waals surface area contributed by atoms with Crippen molar-refractivity contribution in [3.8, 4) is 0 Å². The van der Waals surface area contributed by atoms with E-state index in [0.717, 1.165) is 34.7 Å². The van der Waals surface area contributed by atoms with Gasteiger partial charge >= 0.3 is 0 Å². The van der Waals surface area contributed by atoms with Crippen molar-refractivity contribution >= 4 is 17.3 Å². The van der Waals surface area contributed by atoms with Crippen molar-refractivity contribution in [3.05, 3.63) is 28.3 Å². The summed E-state index contributed by atoms with van der Waals surface area (Å²) >= 11 is 6.02. The van der Waals surface area contributed by atoms with Crippen LogP contribution in [-0.4, -0.2) is 0 Å². The van der Waals surface area contributed by atoms with Crippen LogP contribution in [0.5, 0.6) is 0 Å². The van der Waals surface area contributed by atoms with Crippen LogP contribution in [0.2, 0.25) is 5.02 Å². The van der Waals surface area contributed by atoms with Crippen molar-refractivity contribution in [3.63, 3.8) is 0 Å². The molecule has 0 atom stereocenters. The summed E-state index contributed by atoms with van der Waals surface area (Å²) in [5.74, 6) is 0. The number of nitrogen functional groups attached to an aromatic ring is 1. The lowest BCUT2D eigenvalue weighted by Gasteiger charge is -2.06. The highest BCUT2D eigenvalue weighted by Crippen LogP contribution is 2.23. The van der Waals surface area contributed by atoms with E-state index in [2.05, 4.69) is 6.92 Å². The van der Waals surface area contributed by atoms with E-state index < -0.39 is 0 Å². The summed E-state index contributed by atoms with van der Waals surface area (Å²) in [6.45, 7) is 4.10. The quantitative estimate of drug-likeness (QED) is 0.701. The van der Waals surface area contributed by atoms with E-state index in [1.807, 2.05) is 19.1 Å². The van der Waals surface area contributed by atoms with Gasteiger partial charge < -0.3 is 5.73 Å². The molecule has 0 aliphatic carbocycles. The molecule has 2 heteroatoms. The fraction of sp³-hybridized carbons (Fsp3) is 0.400. The second-order valence-corrected chi connectivity index (χ2v) is 3.46. The predicted octanol–water partition coefficient (Wildman–Crippen LogP) is 3.18. The van der Waals surface area contributed by atoms with Crippen LogP contribution in [-0.2, 0) is 6.42 Å². The zero-order chi connectivity index (χ0) is 9.14. The first-order valence-electron chi connectivity index (χ1n) is 4.19. The van der Waals surface area contributed by atoms with Crippen molar-refractivity contribution in [1.82, 2.24) is 0 Å². The van der Waals surface area contributed by atoms with Crippen molar-refractivity contribution in [2.24, 2.45) is 0 Å². The third-order valence-electron chi connectivity index (χ3n) is 1.95. The van der Waals surface area contributed by atoms with Crippen LogP contribution in [0.4, 0.5) is 5.69 Å². The second-order valence-electron chi connectivity index (χ2n) is 3.05. The average Bonchev–Trinajstić information content (AvgIpc) is 2.01. The maximum atomic E-state index is 6.02. The van der Waals surface area contributed by atoms with Crippen LogP contribution < -0.4 is 5.73 Å². The van der Waals surface area contributed by atoms with Gasteiger partial charge in [0.1, 0.15) is 0 Å². The Morgan fingerprint density at radius 2 is 2.08 bits per heavy atom. The molecule has 12 heavy (non-hydrogen) atoms. The van der Waals surface area contributed by atoms with E-state index in [-0.39, 0.29) is 0 Å². The summed E-state index contributed by atoms with van der Waals surface area (Å²) in [5, 5.41) is 0.837. The molecular formula is C10H14ClN. The second kappa shape index (κ2) is 3.81. The van der Waals surface area contributed by atoms with Crippen LogP contribution in [0.25, 0.3) is 0 Å². The molecule has 0 radical (unpaired) electrons. The lowest BCUT2D eigenvalue weighted by Crippen LogP contribution is -1.93. The Morgan fingerprint density at radius 1 is 1.42 bits per heavy atom. The normalized spacial score (nSPS) is 10.2. The molecule has 2 N–H and O–H groups in total. The first-order chi connectivity index (χ1) is 5.65. The third kappa shape index (κ3) is 1.92. The molecule has 0 bridgehead atoms.